The molecule has 4 nitrogen and oxygen atoms in total. The van der Waals surface area contributed by atoms with E-state index < -0.39 is 5.82 Å². The van der Waals surface area contributed by atoms with Gasteiger partial charge in [0.15, 0.2) is 11.6 Å². The van der Waals surface area contributed by atoms with E-state index in [0.717, 1.165) is 18.4 Å². The van der Waals surface area contributed by atoms with Gasteiger partial charge in [0.2, 0.25) is 5.91 Å². The molecule has 2 aliphatic rings. The van der Waals surface area contributed by atoms with Gasteiger partial charge in [-0.05, 0) is 36.5 Å². The zero-order chi connectivity index (χ0) is 15.1. The molecule has 0 aromatic heterocycles. The van der Waals surface area contributed by atoms with Crippen molar-refractivity contribution in [3.8, 4) is 5.75 Å². The quantitative estimate of drug-likeness (QED) is 0.927. The van der Waals surface area contributed by atoms with Crippen molar-refractivity contribution in [2.24, 2.45) is 5.92 Å². The van der Waals surface area contributed by atoms with Crippen molar-refractivity contribution in [2.45, 2.75) is 44.9 Å². The van der Waals surface area contributed by atoms with E-state index in [2.05, 4.69) is 5.32 Å². The van der Waals surface area contributed by atoms with Crippen LogP contribution in [0.15, 0.2) is 18.2 Å². The molecule has 1 heterocycles. The molecule has 1 saturated carbocycles. The van der Waals surface area contributed by atoms with E-state index in [1.54, 1.807) is 6.07 Å². The summed E-state index contributed by atoms with van der Waals surface area (Å²) in [4.78, 5) is 14.5. The number of methoxy groups -OCH3 is 1. The van der Waals surface area contributed by atoms with Crippen molar-refractivity contribution in [3.05, 3.63) is 29.6 Å². The number of carbonyl (C=O) groups excluding carboxylic acids is 1. The van der Waals surface area contributed by atoms with Gasteiger partial charge in [-0.1, -0.05) is 19.9 Å². The summed E-state index contributed by atoms with van der Waals surface area (Å²) in [6.07, 6.45) is 1.83. The monoisotopic (exact) mass is 292 g/mol. The van der Waals surface area contributed by atoms with Crippen molar-refractivity contribution >= 4 is 5.91 Å². The van der Waals surface area contributed by atoms with Gasteiger partial charge in [-0.3, -0.25) is 10.1 Å². The Labute approximate surface area is 124 Å². The molecule has 1 aromatic rings. The Morgan fingerprint density at radius 3 is 2.62 bits per heavy atom. The molecule has 1 aromatic carbocycles. The topological polar surface area (TPSA) is 41.6 Å². The van der Waals surface area contributed by atoms with Crippen LogP contribution in [0.25, 0.3) is 0 Å². The van der Waals surface area contributed by atoms with Crippen LogP contribution < -0.4 is 10.1 Å². The zero-order valence-corrected chi connectivity index (χ0v) is 12.6. The Hall–Kier alpha value is -1.62. The molecule has 0 radical (unpaired) electrons. The zero-order valence-electron chi connectivity index (χ0n) is 12.6. The van der Waals surface area contributed by atoms with Gasteiger partial charge in [0, 0.05) is 6.04 Å². The molecular weight excluding hydrogens is 271 g/mol. The fourth-order valence-corrected chi connectivity index (χ4v) is 2.94. The second-order valence-corrected chi connectivity index (χ2v) is 6.16. The maximum atomic E-state index is 13.9. The Morgan fingerprint density at radius 1 is 1.38 bits per heavy atom. The molecule has 1 N–H and O–H groups in total. The van der Waals surface area contributed by atoms with E-state index in [4.69, 9.17) is 4.74 Å². The van der Waals surface area contributed by atoms with Gasteiger partial charge < -0.3 is 9.64 Å². The highest BCUT2D eigenvalue weighted by atomic mass is 19.1. The second kappa shape index (κ2) is 5.30. The van der Waals surface area contributed by atoms with Crippen molar-refractivity contribution in [3.63, 3.8) is 0 Å². The average Bonchev–Trinajstić information content (AvgIpc) is 3.21. The fraction of sp³-hybridized carbons (Fsp3) is 0.562. The fourth-order valence-electron chi connectivity index (χ4n) is 2.94. The predicted octanol–water partition coefficient (Wildman–Crippen LogP) is 2.45. The number of hydrogen-bond donors (Lipinski definition) is 1. The highest BCUT2D eigenvalue weighted by Crippen LogP contribution is 2.39. The minimum Gasteiger partial charge on any atom is -0.494 e. The van der Waals surface area contributed by atoms with Gasteiger partial charge in [0.25, 0.3) is 0 Å². The van der Waals surface area contributed by atoms with Crippen LogP contribution in [0.5, 0.6) is 5.75 Å². The SMILES string of the molecule is COc1ccc(C2NC(C(C)C)C(=O)N2C2CC2)cc1F. The molecule has 0 bridgehead atoms. The maximum Gasteiger partial charge on any atom is 0.241 e. The minimum atomic E-state index is -0.395. The lowest BCUT2D eigenvalue weighted by Gasteiger charge is -2.24. The second-order valence-electron chi connectivity index (χ2n) is 6.16. The van der Waals surface area contributed by atoms with Crippen LogP contribution in [0, 0.1) is 11.7 Å². The summed E-state index contributed by atoms with van der Waals surface area (Å²) in [5.74, 6) is 0.176. The van der Waals surface area contributed by atoms with Crippen molar-refractivity contribution < 1.29 is 13.9 Å². The Bertz CT molecular complexity index is 557. The van der Waals surface area contributed by atoms with Gasteiger partial charge in [0.05, 0.1) is 13.2 Å². The van der Waals surface area contributed by atoms with E-state index in [-0.39, 0.29) is 29.8 Å². The third-order valence-corrected chi connectivity index (χ3v) is 4.23. The van der Waals surface area contributed by atoms with Crippen LogP contribution in [-0.4, -0.2) is 30.0 Å². The summed E-state index contributed by atoms with van der Waals surface area (Å²) < 4.78 is 18.9. The van der Waals surface area contributed by atoms with Crippen molar-refractivity contribution in [2.75, 3.05) is 7.11 Å². The summed E-state index contributed by atoms with van der Waals surface area (Å²) >= 11 is 0. The van der Waals surface area contributed by atoms with Crippen LogP contribution in [0.2, 0.25) is 0 Å². The van der Waals surface area contributed by atoms with Crippen LogP contribution in [0.3, 0.4) is 0 Å². The first-order valence-electron chi connectivity index (χ1n) is 7.44. The molecule has 5 heteroatoms. The Morgan fingerprint density at radius 2 is 2.10 bits per heavy atom. The highest BCUT2D eigenvalue weighted by molar-refractivity contribution is 5.85. The standard InChI is InChI=1S/C16H21FN2O2/c1-9(2)14-16(20)19(11-5-6-11)15(18-14)10-4-7-13(21-3)12(17)8-10/h4,7-9,11,14-15,18H,5-6H2,1-3H3. The van der Waals surface area contributed by atoms with Gasteiger partial charge in [-0.2, -0.15) is 0 Å². The molecule has 21 heavy (non-hydrogen) atoms. The van der Waals surface area contributed by atoms with E-state index in [1.165, 1.54) is 13.2 Å². The third kappa shape index (κ3) is 2.50. The number of benzene rings is 1. The number of carbonyl (C=O) groups is 1. The molecule has 3 rings (SSSR count). The molecule has 114 valence electrons. The van der Waals surface area contributed by atoms with Crippen molar-refractivity contribution in [1.29, 1.82) is 0 Å². The van der Waals surface area contributed by atoms with E-state index in [0.29, 0.717) is 6.04 Å². The Kier molecular flexibility index (Phi) is 3.61. The first-order chi connectivity index (χ1) is 10.0. The number of halogens is 1. The van der Waals surface area contributed by atoms with Crippen LogP contribution in [0.1, 0.15) is 38.4 Å². The molecule has 1 aliphatic heterocycles. The number of hydrogen-bond acceptors (Lipinski definition) is 3. The van der Waals surface area contributed by atoms with Gasteiger partial charge >= 0.3 is 0 Å². The number of nitrogens with zero attached hydrogens (tertiary/aromatic N) is 1. The van der Waals surface area contributed by atoms with Crippen LogP contribution in [-0.2, 0) is 4.79 Å². The number of rotatable bonds is 4. The summed E-state index contributed by atoms with van der Waals surface area (Å²) in [6, 6.07) is 5.00. The molecule has 2 unspecified atom stereocenters. The lowest BCUT2D eigenvalue weighted by atomic mass is 10.1. The van der Waals surface area contributed by atoms with Crippen molar-refractivity contribution in [1.82, 2.24) is 10.2 Å². The smallest absolute Gasteiger partial charge is 0.241 e. The van der Waals surface area contributed by atoms with Crippen LogP contribution in [0.4, 0.5) is 4.39 Å². The van der Waals surface area contributed by atoms with E-state index >= 15 is 0 Å². The summed E-state index contributed by atoms with van der Waals surface area (Å²) in [5, 5.41) is 3.36. The molecule has 2 fully saturated rings. The minimum absolute atomic E-state index is 0.133. The highest BCUT2D eigenvalue weighted by Gasteiger charge is 2.47. The summed E-state index contributed by atoms with van der Waals surface area (Å²) in [7, 11) is 1.45. The number of ether oxygens (including phenoxy) is 1. The summed E-state index contributed by atoms with van der Waals surface area (Å²) in [5.41, 5.74) is 0.775. The van der Waals surface area contributed by atoms with E-state index in [1.807, 2.05) is 24.8 Å². The van der Waals surface area contributed by atoms with E-state index in [9.17, 15) is 9.18 Å². The third-order valence-electron chi connectivity index (χ3n) is 4.23. The molecular formula is C16H21FN2O2. The van der Waals surface area contributed by atoms with Gasteiger partial charge in [-0.25, -0.2) is 4.39 Å². The first kappa shape index (κ1) is 14.3. The number of amides is 1. The molecule has 0 spiro atoms. The van der Waals surface area contributed by atoms with Gasteiger partial charge in [-0.15, -0.1) is 0 Å². The predicted molar refractivity (Wildman–Crippen MR) is 77.3 cm³/mol. The lowest BCUT2D eigenvalue weighted by Crippen LogP contribution is -2.35. The summed E-state index contributed by atoms with van der Waals surface area (Å²) in [6.45, 7) is 4.05. The molecule has 1 aliphatic carbocycles. The largest absolute Gasteiger partial charge is 0.494 e. The first-order valence-corrected chi connectivity index (χ1v) is 7.44. The Balaban J connectivity index is 1.92. The molecule has 1 amide bonds. The number of nitrogens with one attached hydrogen (secondary N) is 1. The normalized spacial score (nSPS) is 25.8. The average molecular weight is 292 g/mol. The lowest BCUT2D eigenvalue weighted by molar-refractivity contribution is -0.131. The molecule has 1 saturated heterocycles. The van der Waals surface area contributed by atoms with Crippen LogP contribution >= 0.6 is 0 Å². The maximum absolute atomic E-state index is 13.9. The molecule has 2 atom stereocenters. The van der Waals surface area contributed by atoms with Gasteiger partial charge in [0.1, 0.15) is 6.17 Å².